The van der Waals surface area contributed by atoms with Gasteiger partial charge in [0.25, 0.3) is 0 Å². The Morgan fingerprint density at radius 2 is 1.86 bits per heavy atom. The van der Waals surface area contributed by atoms with Gasteiger partial charge in [0.15, 0.2) is 0 Å². The molecule has 1 atom stereocenters. The minimum absolute atomic E-state index is 0.326. The van der Waals surface area contributed by atoms with Crippen LogP contribution in [0.3, 0.4) is 0 Å². The van der Waals surface area contributed by atoms with Crippen molar-refractivity contribution in [1.82, 2.24) is 4.57 Å². The van der Waals surface area contributed by atoms with Crippen LogP contribution in [0.1, 0.15) is 45.4 Å². The Kier molecular flexibility index (Phi) is 7.63. The number of hydrogen-bond donors (Lipinski definition) is 0. The predicted molar refractivity (Wildman–Crippen MR) is 129 cm³/mol. The predicted octanol–water partition coefficient (Wildman–Crippen LogP) is 8.17. The molecule has 1 nitrogen and oxygen atoms in total. The first-order chi connectivity index (χ1) is 13.6. The Balaban J connectivity index is 0.00000136. The number of aryl methyl sites for hydroxylation is 1. The Morgan fingerprint density at radius 3 is 2.54 bits per heavy atom. The third-order valence-corrected chi connectivity index (χ3v) is 4.93. The summed E-state index contributed by atoms with van der Waals surface area (Å²) in [6, 6.07) is 13.0. The fourth-order valence-electron chi connectivity index (χ4n) is 3.46. The molecule has 0 amide bonds. The van der Waals surface area contributed by atoms with Gasteiger partial charge in [-0.25, -0.2) is 0 Å². The van der Waals surface area contributed by atoms with Crippen molar-refractivity contribution in [3.05, 3.63) is 85.1 Å². The number of aromatic nitrogens is 1. The number of fused-ring (bicyclic) bond motifs is 3. The SMILES string of the molecule is C=CC(C)/C=C\c1c(C(=C)/C=C\CC)n(C)c2ccc3ccccc3c12.CC. The number of nitrogens with zero attached hydrogens (tertiary/aromatic N) is 1. The Bertz CT molecular complexity index is 1030. The molecule has 1 heteroatoms. The van der Waals surface area contributed by atoms with Gasteiger partial charge in [0, 0.05) is 23.5 Å². The summed E-state index contributed by atoms with van der Waals surface area (Å²) in [6.07, 6.45) is 11.7. The van der Waals surface area contributed by atoms with Crippen LogP contribution in [0.2, 0.25) is 0 Å². The van der Waals surface area contributed by atoms with Gasteiger partial charge >= 0.3 is 0 Å². The van der Waals surface area contributed by atoms with E-state index in [1.165, 1.54) is 32.9 Å². The number of hydrogen-bond acceptors (Lipinski definition) is 0. The molecule has 1 unspecified atom stereocenters. The van der Waals surface area contributed by atoms with Crippen molar-refractivity contribution in [3.8, 4) is 0 Å². The molecule has 1 heterocycles. The van der Waals surface area contributed by atoms with E-state index in [4.69, 9.17) is 0 Å². The lowest BCUT2D eigenvalue weighted by molar-refractivity contribution is 0.942. The summed E-state index contributed by atoms with van der Waals surface area (Å²) in [6.45, 7) is 16.5. The molecule has 3 aromatic rings. The van der Waals surface area contributed by atoms with Gasteiger partial charge in [-0.2, -0.15) is 0 Å². The van der Waals surface area contributed by atoms with E-state index in [2.05, 4.69) is 99.3 Å². The zero-order chi connectivity index (χ0) is 20.7. The van der Waals surface area contributed by atoms with Crippen LogP contribution in [-0.2, 0) is 7.05 Å². The molecule has 1 aromatic heterocycles. The maximum Gasteiger partial charge on any atom is 0.0556 e. The first-order valence-electron chi connectivity index (χ1n) is 10.2. The molecule has 0 fully saturated rings. The third kappa shape index (κ3) is 4.20. The molecule has 0 bridgehead atoms. The van der Waals surface area contributed by atoms with Gasteiger partial charge in [-0.05, 0) is 34.8 Å². The fraction of sp³-hybridized carbons (Fsp3) is 0.259. The second-order valence-electron chi connectivity index (χ2n) is 6.79. The quantitative estimate of drug-likeness (QED) is 0.304. The van der Waals surface area contributed by atoms with E-state index < -0.39 is 0 Å². The lowest BCUT2D eigenvalue weighted by Crippen LogP contribution is -1.95. The second kappa shape index (κ2) is 9.94. The maximum atomic E-state index is 4.34. The number of rotatable bonds is 6. The lowest BCUT2D eigenvalue weighted by Gasteiger charge is -2.06. The molecule has 2 aromatic carbocycles. The summed E-state index contributed by atoms with van der Waals surface area (Å²) in [7, 11) is 2.13. The molecule has 0 saturated heterocycles. The van der Waals surface area contributed by atoms with Crippen LogP contribution in [0.25, 0.3) is 33.3 Å². The van der Waals surface area contributed by atoms with Gasteiger partial charge in [0.1, 0.15) is 0 Å². The topological polar surface area (TPSA) is 4.93 Å². The van der Waals surface area contributed by atoms with E-state index in [0.717, 1.165) is 12.0 Å². The van der Waals surface area contributed by atoms with Crippen LogP contribution in [0.5, 0.6) is 0 Å². The van der Waals surface area contributed by atoms with E-state index in [1.807, 2.05) is 19.9 Å². The van der Waals surface area contributed by atoms with Gasteiger partial charge in [-0.3, -0.25) is 0 Å². The van der Waals surface area contributed by atoms with Gasteiger partial charge in [-0.1, -0.05) is 95.0 Å². The van der Waals surface area contributed by atoms with E-state index >= 15 is 0 Å². The van der Waals surface area contributed by atoms with E-state index in [1.54, 1.807) is 0 Å². The van der Waals surface area contributed by atoms with Gasteiger partial charge in [0.05, 0.1) is 5.69 Å². The van der Waals surface area contributed by atoms with Gasteiger partial charge in [-0.15, -0.1) is 6.58 Å². The van der Waals surface area contributed by atoms with Crippen molar-refractivity contribution in [2.24, 2.45) is 13.0 Å². The van der Waals surface area contributed by atoms with Crippen molar-refractivity contribution in [2.45, 2.75) is 34.1 Å². The van der Waals surface area contributed by atoms with E-state index in [0.29, 0.717) is 5.92 Å². The summed E-state index contributed by atoms with van der Waals surface area (Å²) in [5.41, 5.74) is 4.68. The van der Waals surface area contributed by atoms with Crippen molar-refractivity contribution < 1.29 is 0 Å². The average molecular weight is 372 g/mol. The Morgan fingerprint density at radius 1 is 1.14 bits per heavy atom. The molecule has 0 spiro atoms. The van der Waals surface area contributed by atoms with Crippen LogP contribution < -0.4 is 0 Å². The highest BCUT2D eigenvalue weighted by Gasteiger charge is 2.16. The van der Waals surface area contributed by atoms with Crippen LogP contribution in [0.4, 0.5) is 0 Å². The first kappa shape index (κ1) is 21.5. The monoisotopic (exact) mass is 371 g/mol. The van der Waals surface area contributed by atoms with Crippen LogP contribution in [0, 0.1) is 5.92 Å². The highest BCUT2D eigenvalue weighted by atomic mass is 15.0. The molecular formula is C27H33N. The number of allylic oxidation sites excluding steroid dienone is 5. The molecule has 0 aliphatic carbocycles. The zero-order valence-electron chi connectivity index (χ0n) is 18.0. The van der Waals surface area contributed by atoms with Crippen LogP contribution in [-0.4, -0.2) is 4.57 Å². The molecule has 3 rings (SSSR count). The summed E-state index contributed by atoms with van der Waals surface area (Å²) >= 11 is 0. The summed E-state index contributed by atoms with van der Waals surface area (Å²) < 4.78 is 2.27. The molecule has 0 aliphatic rings. The smallest absolute Gasteiger partial charge is 0.0556 e. The van der Waals surface area contributed by atoms with Gasteiger partial charge in [0.2, 0.25) is 0 Å². The molecule has 0 aliphatic heterocycles. The van der Waals surface area contributed by atoms with Crippen molar-refractivity contribution >= 4 is 33.3 Å². The zero-order valence-corrected chi connectivity index (χ0v) is 18.0. The van der Waals surface area contributed by atoms with Gasteiger partial charge < -0.3 is 4.57 Å². The molecule has 0 N–H and O–H groups in total. The second-order valence-corrected chi connectivity index (χ2v) is 6.79. The van der Waals surface area contributed by atoms with Crippen molar-refractivity contribution in [3.63, 3.8) is 0 Å². The van der Waals surface area contributed by atoms with Crippen LogP contribution >= 0.6 is 0 Å². The first-order valence-corrected chi connectivity index (χ1v) is 10.2. The fourth-order valence-corrected chi connectivity index (χ4v) is 3.46. The lowest BCUT2D eigenvalue weighted by atomic mass is 9.99. The molecule has 28 heavy (non-hydrogen) atoms. The summed E-state index contributed by atoms with van der Waals surface area (Å²) in [5.74, 6) is 0.326. The van der Waals surface area contributed by atoms with Crippen molar-refractivity contribution in [1.29, 1.82) is 0 Å². The average Bonchev–Trinajstić information content (AvgIpc) is 3.03. The molecular weight excluding hydrogens is 338 g/mol. The maximum absolute atomic E-state index is 4.34. The highest BCUT2D eigenvalue weighted by molar-refractivity contribution is 6.12. The normalized spacial score (nSPS) is 12.5. The van der Waals surface area contributed by atoms with E-state index in [-0.39, 0.29) is 0 Å². The standard InChI is InChI=1S/C25H27N.C2H6/c1-6-8-11-19(4)25-22(16-14-18(3)7-2)24-21-13-10-9-12-20(21)15-17-23(24)26(25)5;1-2/h7-18H,2,4,6H2,1,3,5H3;1-2H3/b11-8-,16-14-;. The highest BCUT2D eigenvalue weighted by Crippen LogP contribution is 2.36. The van der Waals surface area contributed by atoms with Crippen LogP contribution in [0.15, 0.2) is 73.9 Å². The molecule has 0 saturated carbocycles. The largest absolute Gasteiger partial charge is 0.343 e. The Hall–Kier alpha value is -2.80. The van der Waals surface area contributed by atoms with Crippen molar-refractivity contribution in [2.75, 3.05) is 0 Å². The molecule has 0 radical (unpaired) electrons. The minimum Gasteiger partial charge on any atom is -0.343 e. The van der Waals surface area contributed by atoms with E-state index in [9.17, 15) is 0 Å². The third-order valence-electron chi connectivity index (χ3n) is 4.93. The number of benzene rings is 2. The summed E-state index contributed by atoms with van der Waals surface area (Å²) in [5, 5.41) is 3.84. The molecule has 146 valence electrons. The Labute approximate surface area is 170 Å². The minimum atomic E-state index is 0.326. The summed E-state index contributed by atoms with van der Waals surface area (Å²) in [4.78, 5) is 0.